The largest absolute Gasteiger partial charge is 0.479 e. The highest BCUT2D eigenvalue weighted by Crippen LogP contribution is 2.33. The monoisotopic (exact) mass is 301 g/mol. The molecule has 1 aromatic rings. The van der Waals surface area contributed by atoms with Crippen LogP contribution in [0.2, 0.25) is 0 Å². The van der Waals surface area contributed by atoms with E-state index in [0.717, 1.165) is 0 Å². The Hall–Kier alpha value is -2.55. The van der Waals surface area contributed by atoms with Crippen LogP contribution < -0.4 is 9.64 Å². The number of amides is 2. The summed E-state index contributed by atoms with van der Waals surface area (Å²) in [5.41, 5.74) is 0.693. The molecule has 22 heavy (non-hydrogen) atoms. The summed E-state index contributed by atoms with van der Waals surface area (Å²) in [7, 11) is 1.66. The van der Waals surface area contributed by atoms with Gasteiger partial charge in [0.2, 0.25) is 5.91 Å². The van der Waals surface area contributed by atoms with Gasteiger partial charge in [0.1, 0.15) is 5.75 Å². The van der Waals surface area contributed by atoms with Crippen LogP contribution in [0.1, 0.15) is 19.8 Å². The van der Waals surface area contributed by atoms with E-state index >= 15 is 0 Å². The fourth-order valence-corrected chi connectivity index (χ4v) is 2.33. The Balaban J connectivity index is 2.04. The van der Waals surface area contributed by atoms with Gasteiger partial charge in [-0.05, 0) is 19.1 Å². The number of carbonyl (C=O) groups excluding carboxylic acids is 2. The minimum Gasteiger partial charge on any atom is -0.479 e. The fraction of sp³-hybridized carbons (Fsp3) is 0.438. The second kappa shape index (κ2) is 6.94. The summed E-state index contributed by atoms with van der Waals surface area (Å²) < 4.78 is 5.56. The van der Waals surface area contributed by atoms with Gasteiger partial charge in [-0.1, -0.05) is 12.1 Å². The third kappa shape index (κ3) is 3.37. The Bertz CT molecular complexity index is 609. The van der Waals surface area contributed by atoms with Crippen LogP contribution in [0.25, 0.3) is 0 Å². The first-order valence-electron chi connectivity index (χ1n) is 7.22. The predicted octanol–water partition coefficient (Wildman–Crippen LogP) is 1.56. The summed E-state index contributed by atoms with van der Waals surface area (Å²) in [4.78, 5) is 27.4. The van der Waals surface area contributed by atoms with E-state index < -0.39 is 6.10 Å². The smallest absolute Gasteiger partial charge is 0.267 e. The second-order valence-corrected chi connectivity index (χ2v) is 5.19. The Morgan fingerprint density at radius 3 is 2.91 bits per heavy atom. The molecular weight excluding hydrogens is 282 g/mol. The van der Waals surface area contributed by atoms with Crippen molar-refractivity contribution in [2.75, 3.05) is 25.0 Å². The van der Waals surface area contributed by atoms with Gasteiger partial charge in [-0.3, -0.25) is 9.59 Å². The number of hydrogen-bond acceptors (Lipinski definition) is 4. The quantitative estimate of drug-likeness (QED) is 0.827. The van der Waals surface area contributed by atoms with Gasteiger partial charge in [0.15, 0.2) is 6.10 Å². The number of anilines is 1. The molecule has 0 aliphatic carbocycles. The highest BCUT2D eigenvalue weighted by molar-refractivity contribution is 6.00. The van der Waals surface area contributed by atoms with E-state index in [-0.39, 0.29) is 18.2 Å². The number of nitriles is 1. The van der Waals surface area contributed by atoms with Gasteiger partial charge in [0, 0.05) is 26.6 Å². The molecule has 2 amide bonds. The first-order chi connectivity index (χ1) is 10.5. The van der Waals surface area contributed by atoms with Crippen molar-refractivity contribution in [1.29, 1.82) is 5.26 Å². The minimum atomic E-state index is -0.554. The molecule has 1 aromatic carbocycles. The van der Waals surface area contributed by atoms with Gasteiger partial charge in [0.05, 0.1) is 18.2 Å². The lowest BCUT2D eigenvalue weighted by atomic mass is 10.1. The molecule has 0 fully saturated rings. The number of para-hydroxylation sites is 2. The summed E-state index contributed by atoms with van der Waals surface area (Å²) in [6.45, 7) is 2.41. The maximum atomic E-state index is 12.3. The lowest BCUT2D eigenvalue weighted by Gasteiger charge is -2.33. The van der Waals surface area contributed by atoms with Crippen LogP contribution in [0.15, 0.2) is 24.3 Å². The van der Waals surface area contributed by atoms with Crippen molar-refractivity contribution in [2.24, 2.45) is 0 Å². The predicted molar refractivity (Wildman–Crippen MR) is 81.4 cm³/mol. The molecule has 2 rings (SSSR count). The number of hydrogen-bond donors (Lipinski definition) is 0. The van der Waals surface area contributed by atoms with Crippen molar-refractivity contribution in [3.8, 4) is 11.8 Å². The molecule has 1 heterocycles. The zero-order chi connectivity index (χ0) is 16.1. The van der Waals surface area contributed by atoms with E-state index in [1.165, 1.54) is 4.90 Å². The maximum Gasteiger partial charge on any atom is 0.267 e. The standard InChI is InChI=1S/C16H19N3O3/c1-12-16(21)19(13-6-3-4-7-14(13)22-12)11-8-15(20)18(2)10-5-9-17/h3-4,6-7,12H,5,8,10-11H2,1-2H3. The van der Waals surface area contributed by atoms with Gasteiger partial charge in [-0.25, -0.2) is 0 Å². The SMILES string of the molecule is CC1Oc2ccccc2N(CCC(=O)N(C)CCC#N)C1=O. The minimum absolute atomic E-state index is 0.0836. The second-order valence-electron chi connectivity index (χ2n) is 5.19. The molecule has 0 saturated heterocycles. The van der Waals surface area contributed by atoms with Crippen molar-refractivity contribution in [3.63, 3.8) is 0 Å². The molecule has 1 aliphatic heterocycles. The third-order valence-corrected chi connectivity index (χ3v) is 3.61. The van der Waals surface area contributed by atoms with Gasteiger partial charge >= 0.3 is 0 Å². The normalized spacial score (nSPS) is 16.5. The van der Waals surface area contributed by atoms with E-state index in [1.54, 1.807) is 18.9 Å². The van der Waals surface area contributed by atoms with Crippen molar-refractivity contribution >= 4 is 17.5 Å². The number of carbonyl (C=O) groups is 2. The first-order valence-corrected chi connectivity index (χ1v) is 7.22. The highest BCUT2D eigenvalue weighted by Gasteiger charge is 2.31. The Labute approximate surface area is 129 Å². The van der Waals surface area contributed by atoms with Crippen LogP contribution in [0.3, 0.4) is 0 Å². The summed E-state index contributed by atoms with van der Waals surface area (Å²) in [6.07, 6.45) is -0.0332. The number of nitrogens with zero attached hydrogens (tertiary/aromatic N) is 3. The zero-order valence-electron chi connectivity index (χ0n) is 12.8. The molecule has 0 spiro atoms. The zero-order valence-corrected chi connectivity index (χ0v) is 12.8. The van der Waals surface area contributed by atoms with Crippen molar-refractivity contribution in [3.05, 3.63) is 24.3 Å². The highest BCUT2D eigenvalue weighted by atomic mass is 16.5. The van der Waals surface area contributed by atoms with Crippen LogP contribution in [0.4, 0.5) is 5.69 Å². The van der Waals surface area contributed by atoms with Crippen LogP contribution in [-0.4, -0.2) is 43.0 Å². The molecular formula is C16H19N3O3. The summed E-state index contributed by atoms with van der Waals surface area (Å²) in [5, 5.41) is 8.55. The molecule has 1 unspecified atom stereocenters. The number of benzene rings is 1. The van der Waals surface area contributed by atoms with Crippen molar-refractivity contribution < 1.29 is 14.3 Å². The van der Waals surface area contributed by atoms with Crippen LogP contribution >= 0.6 is 0 Å². The first kappa shape index (κ1) is 15.8. The molecule has 6 heteroatoms. The fourth-order valence-electron chi connectivity index (χ4n) is 2.33. The number of fused-ring (bicyclic) bond motifs is 1. The average Bonchev–Trinajstić information content (AvgIpc) is 2.52. The molecule has 1 aliphatic rings. The maximum absolute atomic E-state index is 12.3. The number of rotatable bonds is 5. The van der Waals surface area contributed by atoms with E-state index in [2.05, 4.69) is 0 Å². The summed E-state index contributed by atoms with van der Waals surface area (Å²) in [5.74, 6) is 0.422. The third-order valence-electron chi connectivity index (χ3n) is 3.61. The summed E-state index contributed by atoms with van der Waals surface area (Å²) >= 11 is 0. The van der Waals surface area contributed by atoms with E-state index in [0.29, 0.717) is 30.9 Å². The Morgan fingerprint density at radius 1 is 1.45 bits per heavy atom. The molecule has 0 saturated carbocycles. The molecule has 1 atom stereocenters. The molecule has 0 radical (unpaired) electrons. The van der Waals surface area contributed by atoms with Crippen LogP contribution in [0.5, 0.6) is 5.75 Å². The van der Waals surface area contributed by atoms with Crippen LogP contribution in [0, 0.1) is 11.3 Å². The van der Waals surface area contributed by atoms with Gasteiger partial charge in [-0.15, -0.1) is 0 Å². The molecule has 0 aromatic heterocycles. The average molecular weight is 301 g/mol. The molecule has 6 nitrogen and oxygen atoms in total. The van der Waals surface area contributed by atoms with Gasteiger partial charge in [0.25, 0.3) is 5.91 Å². The lowest BCUT2D eigenvalue weighted by Crippen LogP contribution is -2.45. The van der Waals surface area contributed by atoms with E-state index in [1.807, 2.05) is 30.3 Å². The van der Waals surface area contributed by atoms with E-state index in [4.69, 9.17) is 10.00 Å². The van der Waals surface area contributed by atoms with Crippen molar-refractivity contribution in [2.45, 2.75) is 25.9 Å². The topological polar surface area (TPSA) is 73.6 Å². The van der Waals surface area contributed by atoms with Crippen LogP contribution in [-0.2, 0) is 9.59 Å². The Kier molecular flexibility index (Phi) is 4.99. The molecule has 0 bridgehead atoms. The van der Waals surface area contributed by atoms with E-state index in [9.17, 15) is 9.59 Å². The van der Waals surface area contributed by atoms with Gasteiger partial charge in [-0.2, -0.15) is 5.26 Å². The van der Waals surface area contributed by atoms with Gasteiger partial charge < -0.3 is 14.5 Å². The number of ether oxygens (including phenoxy) is 1. The lowest BCUT2D eigenvalue weighted by molar-refractivity contribution is -0.130. The molecule has 116 valence electrons. The van der Waals surface area contributed by atoms with Crippen molar-refractivity contribution in [1.82, 2.24) is 4.90 Å². The summed E-state index contributed by atoms with van der Waals surface area (Å²) in [6, 6.07) is 9.31. The molecule has 0 N–H and O–H groups in total. The Morgan fingerprint density at radius 2 is 2.18 bits per heavy atom.